The van der Waals surface area contributed by atoms with Gasteiger partial charge in [0.1, 0.15) is 5.75 Å². The van der Waals surface area contributed by atoms with Crippen molar-refractivity contribution in [3.05, 3.63) is 53.6 Å². The van der Waals surface area contributed by atoms with E-state index in [0.717, 1.165) is 19.3 Å². The number of carbonyl (C=O) groups excluding carboxylic acids is 1. The van der Waals surface area contributed by atoms with Crippen LogP contribution < -0.4 is 10.1 Å². The van der Waals surface area contributed by atoms with Crippen molar-refractivity contribution in [2.45, 2.75) is 24.2 Å². The van der Waals surface area contributed by atoms with Gasteiger partial charge in [-0.15, -0.1) is 0 Å². The molecule has 2 aromatic carbocycles. The van der Waals surface area contributed by atoms with Crippen molar-refractivity contribution in [3.8, 4) is 5.75 Å². The molecule has 0 aromatic heterocycles. The molecule has 8 heteroatoms. The number of nitrogens with zero attached hydrogens (tertiary/aromatic N) is 1. The number of para-hydroxylation sites is 1. The summed E-state index contributed by atoms with van der Waals surface area (Å²) < 4.78 is 32.4. The molecule has 144 valence electrons. The van der Waals surface area contributed by atoms with Crippen LogP contribution in [-0.4, -0.2) is 38.3 Å². The molecule has 1 aliphatic rings. The predicted molar refractivity (Wildman–Crippen MR) is 105 cm³/mol. The van der Waals surface area contributed by atoms with Crippen LogP contribution in [0.3, 0.4) is 0 Å². The molecule has 0 aliphatic carbocycles. The summed E-state index contributed by atoms with van der Waals surface area (Å²) in [4.78, 5) is 12.3. The molecule has 1 saturated heterocycles. The summed E-state index contributed by atoms with van der Waals surface area (Å²) in [6, 6.07) is 13.1. The quantitative estimate of drug-likeness (QED) is 0.793. The molecule has 2 aromatic rings. The van der Waals surface area contributed by atoms with Crippen molar-refractivity contribution < 1.29 is 17.9 Å². The molecule has 6 nitrogen and oxygen atoms in total. The van der Waals surface area contributed by atoms with Gasteiger partial charge in [0.25, 0.3) is 5.91 Å². The zero-order chi connectivity index (χ0) is 19.3. The van der Waals surface area contributed by atoms with Gasteiger partial charge in [-0.3, -0.25) is 4.79 Å². The predicted octanol–water partition coefficient (Wildman–Crippen LogP) is 3.53. The van der Waals surface area contributed by atoms with Gasteiger partial charge in [-0.2, -0.15) is 4.31 Å². The molecule has 27 heavy (non-hydrogen) atoms. The Morgan fingerprint density at radius 2 is 1.81 bits per heavy atom. The van der Waals surface area contributed by atoms with Gasteiger partial charge in [0.15, 0.2) is 6.61 Å². The lowest BCUT2D eigenvalue weighted by Crippen LogP contribution is -2.35. The van der Waals surface area contributed by atoms with Gasteiger partial charge in [0, 0.05) is 18.8 Å². The normalized spacial score (nSPS) is 15.3. The zero-order valence-electron chi connectivity index (χ0n) is 14.7. The standard InChI is InChI=1S/C19H21ClN2O4S/c20-17-9-2-3-10-18(17)26-14-19(23)21-15-7-6-8-16(13-15)27(24,25)22-11-4-1-5-12-22/h2-3,6-10,13H,1,4-5,11-12,14H2,(H,21,23). The van der Waals surface area contributed by atoms with Crippen molar-refractivity contribution in [2.75, 3.05) is 25.0 Å². The number of benzene rings is 2. The average molecular weight is 409 g/mol. The third-order valence-electron chi connectivity index (χ3n) is 4.27. The SMILES string of the molecule is O=C(COc1ccccc1Cl)Nc1cccc(S(=O)(=O)N2CCCCC2)c1. The number of hydrogen-bond acceptors (Lipinski definition) is 4. The molecule has 1 aliphatic heterocycles. The Kier molecular flexibility index (Phi) is 6.36. The van der Waals surface area contributed by atoms with Crippen LogP contribution in [0.15, 0.2) is 53.4 Å². The lowest BCUT2D eigenvalue weighted by Gasteiger charge is -2.26. The summed E-state index contributed by atoms with van der Waals surface area (Å²) in [5, 5.41) is 3.07. The molecule has 0 saturated carbocycles. The highest BCUT2D eigenvalue weighted by Crippen LogP contribution is 2.24. The van der Waals surface area contributed by atoms with Crippen LogP contribution in [0.5, 0.6) is 5.75 Å². The smallest absolute Gasteiger partial charge is 0.262 e. The Balaban J connectivity index is 1.65. The second-order valence-corrected chi connectivity index (χ2v) is 8.60. The molecule has 1 N–H and O–H groups in total. The van der Waals surface area contributed by atoms with E-state index in [9.17, 15) is 13.2 Å². The number of carbonyl (C=O) groups is 1. The van der Waals surface area contributed by atoms with Crippen LogP contribution >= 0.6 is 11.6 Å². The number of amides is 1. The lowest BCUT2D eigenvalue weighted by atomic mass is 10.2. The van der Waals surface area contributed by atoms with E-state index in [0.29, 0.717) is 29.5 Å². The van der Waals surface area contributed by atoms with Crippen LogP contribution in [0.2, 0.25) is 5.02 Å². The van der Waals surface area contributed by atoms with Gasteiger partial charge >= 0.3 is 0 Å². The van der Waals surface area contributed by atoms with Gasteiger partial charge in [-0.05, 0) is 43.2 Å². The molecule has 0 spiro atoms. The first-order chi connectivity index (χ1) is 13.0. The maximum absolute atomic E-state index is 12.7. The van der Waals surface area contributed by atoms with Gasteiger partial charge in [-0.25, -0.2) is 8.42 Å². The minimum Gasteiger partial charge on any atom is -0.482 e. The van der Waals surface area contributed by atoms with Crippen LogP contribution in [-0.2, 0) is 14.8 Å². The maximum Gasteiger partial charge on any atom is 0.262 e. The molecular formula is C19H21ClN2O4S. The van der Waals surface area contributed by atoms with Crippen LogP contribution in [0, 0.1) is 0 Å². The minimum atomic E-state index is -3.55. The summed E-state index contributed by atoms with van der Waals surface area (Å²) in [7, 11) is -3.55. The molecule has 3 rings (SSSR count). The van der Waals surface area contributed by atoms with E-state index < -0.39 is 15.9 Å². The molecule has 1 heterocycles. The number of hydrogen-bond donors (Lipinski definition) is 1. The van der Waals surface area contributed by atoms with Crippen LogP contribution in [0.25, 0.3) is 0 Å². The van der Waals surface area contributed by atoms with E-state index in [4.69, 9.17) is 16.3 Å². The first-order valence-corrected chi connectivity index (χ1v) is 10.6. The second-order valence-electron chi connectivity index (χ2n) is 6.26. The monoisotopic (exact) mass is 408 g/mol. The summed E-state index contributed by atoms with van der Waals surface area (Å²) in [5.74, 6) is 0.0122. The number of halogens is 1. The molecule has 0 atom stereocenters. The second kappa shape index (κ2) is 8.73. The number of nitrogens with one attached hydrogen (secondary N) is 1. The van der Waals surface area contributed by atoms with Gasteiger partial charge in [-0.1, -0.05) is 36.2 Å². The van der Waals surface area contributed by atoms with Crippen molar-refractivity contribution >= 4 is 33.2 Å². The molecular weight excluding hydrogens is 388 g/mol. The van der Waals surface area contributed by atoms with E-state index in [-0.39, 0.29) is 11.5 Å². The lowest BCUT2D eigenvalue weighted by molar-refractivity contribution is -0.118. The fourth-order valence-electron chi connectivity index (χ4n) is 2.89. The third-order valence-corrected chi connectivity index (χ3v) is 6.47. The van der Waals surface area contributed by atoms with E-state index in [2.05, 4.69) is 5.32 Å². The van der Waals surface area contributed by atoms with Crippen molar-refractivity contribution in [2.24, 2.45) is 0 Å². The number of ether oxygens (including phenoxy) is 1. The molecule has 0 unspecified atom stereocenters. The van der Waals surface area contributed by atoms with Crippen LogP contribution in [0.1, 0.15) is 19.3 Å². The fraction of sp³-hybridized carbons (Fsp3) is 0.316. The van der Waals surface area contributed by atoms with Gasteiger partial charge < -0.3 is 10.1 Å². The Hall–Kier alpha value is -2.09. The average Bonchev–Trinajstić information content (AvgIpc) is 2.68. The topological polar surface area (TPSA) is 75.7 Å². The van der Waals surface area contributed by atoms with E-state index in [1.807, 2.05) is 0 Å². The summed E-state index contributed by atoms with van der Waals surface area (Å²) in [6.07, 6.45) is 2.79. The number of sulfonamides is 1. The Labute approximate surface area is 164 Å². The summed E-state index contributed by atoms with van der Waals surface area (Å²) in [6.45, 7) is 0.835. The van der Waals surface area contributed by atoms with Crippen molar-refractivity contribution in [3.63, 3.8) is 0 Å². The highest BCUT2D eigenvalue weighted by Gasteiger charge is 2.26. The van der Waals surface area contributed by atoms with E-state index in [1.54, 1.807) is 42.5 Å². The number of anilines is 1. The molecule has 0 bridgehead atoms. The van der Waals surface area contributed by atoms with Gasteiger partial charge in [0.05, 0.1) is 9.92 Å². The Morgan fingerprint density at radius 3 is 2.56 bits per heavy atom. The molecule has 0 radical (unpaired) electrons. The highest BCUT2D eigenvalue weighted by atomic mass is 35.5. The van der Waals surface area contributed by atoms with Gasteiger partial charge in [0.2, 0.25) is 10.0 Å². The largest absolute Gasteiger partial charge is 0.482 e. The summed E-state index contributed by atoms with van der Waals surface area (Å²) >= 11 is 5.98. The van der Waals surface area contributed by atoms with E-state index >= 15 is 0 Å². The fourth-order valence-corrected chi connectivity index (χ4v) is 4.64. The van der Waals surface area contributed by atoms with Crippen molar-refractivity contribution in [1.29, 1.82) is 0 Å². The van der Waals surface area contributed by atoms with Crippen LogP contribution in [0.4, 0.5) is 5.69 Å². The minimum absolute atomic E-state index is 0.175. The van der Waals surface area contributed by atoms with Crippen molar-refractivity contribution in [1.82, 2.24) is 4.31 Å². The number of piperidine rings is 1. The Morgan fingerprint density at radius 1 is 1.07 bits per heavy atom. The number of rotatable bonds is 6. The van der Waals surface area contributed by atoms with E-state index in [1.165, 1.54) is 10.4 Å². The third kappa shape index (κ3) is 5.00. The maximum atomic E-state index is 12.7. The Bertz CT molecular complexity index is 911. The molecule has 1 fully saturated rings. The first kappa shape index (κ1) is 19.7. The first-order valence-electron chi connectivity index (χ1n) is 8.74. The highest BCUT2D eigenvalue weighted by molar-refractivity contribution is 7.89. The zero-order valence-corrected chi connectivity index (χ0v) is 16.3. The summed E-state index contributed by atoms with van der Waals surface area (Å²) in [5.41, 5.74) is 0.404. The molecule has 1 amide bonds.